The first-order chi connectivity index (χ1) is 5.87. The van der Waals surface area contributed by atoms with Gasteiger partial charge in [-0.05, 0) is 31.1 Å². The van der Waals surface area contributed by atoms with Gasteiger partial charge in [-0.15, -0.1) is 0 Å². The fourth-order valence-corrected chi connectivity index (χ4v) is 5.36. The predicted molar refractivity (Wildman–Crippen MR) is 58.9 cm³/mol. The summed E-state index contributed by atoms with van der Waals surface area (Å²) in [6, 6.07) is 0. The monoisotopic (exact) mass is 203 g/mol. The molecule has 1 unspecified atom stereocenters. The zero-order valence-electron chi connectivity index (χ0n) is 7.42. The number of rotatable bonds is 2. The van der Waals surface area contributed by atoms with Gasteiger partial charge >= 0.3 is 0 Å². The van der Waals surface area contributed by atoms with Gasteiger partial charge in [-0.25, -0.2) is 0 Å². The summed E-state index contributed by atoms with van der Waals surface area (Å²) in [5.74, 6) is 6.54. The Balaban J connectivity index is 1.97. The largest absolute Gasteiger partial charge is 0.330 e. The molecule has 2 aliphatic rings. The molecule has 1 atom stereocenters. The van der Waals surface area contributed by atoms with Crippen LogP contribution < -0.4 is 5.73 Å². The summed E-state index contributed by atoms with van der Waals surface area (Å²) in [6.45, 7) is 0.891. The lowest BCUT2D eigenvalue weighted by Gasteiger charge is -2.50. The zero-order chi connectivity index (χ0) is 8.44. The van der Waals surface area contributed by atoms with Gasteiger partial charge in [0.05, 0.1) is 0 Å². The van der Waals surface area contributed by atoms with E-state index in [1.54, 1.807) is 0 Å². The zero-order valence-corrected chi connectivity index (χ0v) is 9.05. The summed E-state index contributed by atoms with van der Waals surface area (Å²) in [6.07, 6.45) is 2.68. The summed E-state index contributed by atoms with van der Waals surface area (Å²) in [5.41, 5.74) is 6.36. The highest BCUT2D eigenvalue weighted by atomic mass is 32.2. The molecule has 1 nitrogen and oxygen atoms in total. The van der Waals surface area contributed by atoms with E-state index in [2.05, 4.69) is 23.5 Å². The van der Waals surface area contributed by atoms with E-state index in [0.29, 0.717) is 5.41 Å². The average molecular weight is 203 g/mol. The van der Waals surface area contributed by atoms with E-state index in [0.717, 1.165) is 12.5 Å². The molecule has 2 fully saturated rings. The lowest BCUT2D eigenvalue weighted by atomic mass is 9.75. The molecule has 2 saturated heterocycles. The van der Waals surface area contributed by atoms with E-state index in [9.17, 15) is 0 Å². The summed E-state index contributed by atoms with van der Waals surface area (Å²) in [4.78, 5) is 0. The van der Waals surface area contributed by atoms with Crippen LogP contribution in [0.1, 0.15) is 12.8 Å². The predicted octanol–water partition coefficient (Wildman–Crippen LogP) is 1.82. The summed E-state index contributed by atoms with van der Waals surface area (Å²) in [7, 11) is 0. The first kappa shape index (κ1) is 9.22. The van der Waals surface area contributed by atoms with Crippen LogP contribution in [-0.2, 0) is 0 Å². The van der Waals surface area contributed by atoms with Gasteiger partial charge in [0.1, 0.15) is 0 Å². The van der Waals surface area contributed by atoms with Crippen LogP contribution in [-0.4, -0.2) is 29.6 Å². The minimum atomic E-state index is 0.715. The second-order valence-electron chi connectivity index (χ2n) is 3.97. The molecule has 1 spiro atoms. The van der Waals surface area contributed by atoms with Crippen molar-refractivity contribution in [3.8, 4) is 0 Å². The SMILES string of the molecule is NCCC1CCSCC12CSC2. The van der Waals surface area contributed by atoms with E-state index in [1.165, 1.54) is 35.9 Å². The highest BCUT2D eigenvalue weighted by Crippen LogP contribution is 2.51. The Morgan fingerprint density at radius 1 is 1.25 bits per heavy atom. The van der Waals surface area contributed by atoms with Gasteiger partial charge in [0.2, 0.25) is 0 Å². The second-order valence-corrected chi connectivity index (χ2v) is 6.06. The van der Waals surface area contributed by atoms with Crippen molar-refractivity contribution in [1.82, 2.24) is 0 Å². The Bertz CT molecular complexity index is 155. The van der Waals surface area contributed by atoms with Crippen LogP contribution in [0.4, 0.5) is 0 Å². The first-order valence-corrected chi connectivity index (χ1v) is 7.04. The number of thioether (sulfide) groups is 2. The van der Waals surface area contributed by atoms with Gasteiger partial charge in [-0.2, -0.15) is 23.5 Å². The van der Waals surface area contributed by atoms with Gasteiger partial charge in [0.15, 0.2) is 0 Å². The van der Waals surface area contributed by atoms with E-state index in [1.807, 2.05) is 0 Å². The maximum atomic E-state index is 5.65. The number of nitrogens with two attached hydrogens (primary N) is 1. The minimum absolute atomic E-state index is 0.715. The molecule has 0 radical (unpaired) electrons. The maximum absolute atomic E-state index is 5.65. The summed E-state index contributed by atoms with van der Waals surface area (Å²) >= 11 is 4.27. The van der Waals surface area contributed by atoms with E-state index < -0.39 is 0 Å². The average Bonchev–Trinajstić information content (AvgIpc) is 2.03. The normalized spacial score (nSPS) is 33.2. The summed E-state index contributed by atoms with van der Waals surface area (Å²) in [5, 5.41) is 0. The van der Waals surface area contributed by atoms with Crippen LogP contribution in [0.15, 0.2) is 0 Å². The lowest BCUT2D eigenvalue weighted by Crippen LogP contribution is -2.48. The van der Waals surface area contributed by atoms with Gasteiger partial charge in [0, 0.05) is 22.7 Å². The molecule has 70 valence electrons. The lowest BCUT2D eigenvalue weighted by molar-refractivity contribution is 0.219. The fourth-order valence-electron chi connectivity index (χ4n) is 2.26. The van der Waals surface area contributed by atoms with E-state index >= 15 is 0 Å². The molecule has 0 bridgehead atoms. The molecule has 0 aromatic rings. The van der Waals surface area contributed by atoms with Crippen LogP contribution in [0, 0.1) is 11.3 Å². The smallest absolute Gasteiger partial charge is 0.000792 e. The minimum Gasteiger partial charge on any atom is -0.330 e. The van der Waals surface area contributed by atoms with E-state index in [4.69, 9.17) is 5.73 Å². The molecule has 0 amide bonds. The molecule has 2 aliphatic heterocycles. The van der Waals surface area contributed by atoms with Gasteiger partial charge in [0.25, 0.3) is 0 Å². The van der Waals surface area contributed by atoms with Crippen molar-refractivity contribution in [3.05, 3.63) is 0 Å². The van der Waals surface area contributed by atoms with Crippen molar-refractivity contribution in [1.29, 1.82) is 0 Å². The number of hydrogen-bond donors (Lipinski definition) is 1. The maximum Gasteiger partial charge on any atom is 0.000792 e. The Morgan fingerprint density at radius 2 is 2.00 bits per heavy atom. The van der Waals surface area contributed by atoms with Crippen molar-refractivity contribution in [3.63, 3.8) is 0 Å². The third-order valence-electron chi connectivity index (χ3n) is 3.16. The fraction of sp³-hybridized carbons (Fsp3) is 1.00. The van der Waals surface area contributed by atoms with Crippen molar-refractivity contribution in [2.24, 2.45) is 17.1 Å². The first-order valence-electron chi connectivity index (χ1n) is 4.73. The quantitative estimate of drug-likeness (QED) is 0.741. The van der Waals surface area contributed by atoms with Gasteiger partial charge < -0.3 is 5.73 Å². The highest BCUT2D eigenvalue weighted by molar-refractivity contribution is 8.01. The Kier molecular flexibility index (Phi) is 2.93. The highest BCUT2D eigenvalue weighted by Gasteiger charge is 2.45. The van der Waals surface area contributed by atoms with Crippen molar-refractivity contribution in [2.75, 3.05) is 29.6 Å². The molecule has 12 heavy (non-hydrogen) atoms. The van der Waals surface area contributed by atoms with Crippen LogP contribution in [0.3, 0.4) is 0 Å². The van der Waals surface area contributed by atoms with Gasteiger partial charge in [-0.3, -0.25) is 0 Å². The Hall–Kier alpha value is 0.660. The van der Waals surface area contributed by atoms with Gasteiger partial charge in [-0.1, -0.05) is 0 Å². The van der Waals surface area contributed by atoms with Crippen LogP contribution in [0.2, 0.25) is 0 Å². The molecule has 0 aliphatic carbocycles. The van der Waals surface area contributed by atoms with Crippen LogP contribution in [0.5, 0.6) is 0 Å². The van der Waals surface area contributed by atoms with E-state index in [-0.39, 0.29) is 0 Å². The Labute approximate surface area is 83.2 Å². The summed E-state index contributed by atoms with van der Waals surface area (Å²) < 4.78 is 0. The molecule has 2 N–H and O–H groups in total. The Morgan fingerprint density at radius 3 is 2.58 bits per heavy atom. The molecular weight excluding hydrogens is 186 g/mol. The van der Waals surface area contributed by atoms with Crippen LogP contribution >= 0.6 is 23.5 Å². The number of hydrogen-bond acceptors (Lipinski definition) is 3. The molecule has 0 aromatic carbocycles. The third kappa shape index (κ3) is 1.51. The van der Waals surface area contributed by atoms with Crippen molar-refractivity contribution in [2.45, 2.75) is 12.8 Å². The second kappa shape index (κ2) is 3.81. The van der Waals surface area contributed by atoms with Crippen LogP contribution in [0.25, 0.3) is 0 Å². The van der Waals surface area contributed by atoms with Crippen molar-refractivity contribution < 1.29 is 0 Å². The molecule has 0 saturated carbocycles. The third-order valence-corrected chi connectivity index (χ3v) is 6.02. The molecular formula is C9H17NS2. The molecule has 0 aromatic heterocycles. The van der Waals surface area contributed by atoms with Crippen molar-refractivity contribution >= 4 is 23.5 Å². The molecule has 2 rings (SSSR count). The topological polar surface area (TPSA) is 26.0 Å². The molecule has 3 heteroatoms. The molecule has 2 heterocycles. The standard InChI is InChI=1S/C9H17NS2/c10-3-1-8-2-4-11-5-9(8)6-12-7-9/h8H,1-7,10H2.